The predicted molar refractivity (Wildman–Crippen MR) is 73.9 cm³/mol. The first-order valence-electron chi connectivity index (χ1n) is 5.83. The van der Waals surface area contributed by atoms with Crippen LogP contribution in [0, 0.1) is 0 Å². The summed E-state index contributed by atoms with van der Waals surface area (Å²) in [6.45, 7) is 1.86. The van der Waals surface area contributed by atoms with Crippen molar-refractivity contribution in [2.24, 2.45) is 0 Å². The van der Waals surface area contributed by atoms with Gasteiger partial charge in [0, 0.05) is 0 Å². The molecule has 0 bridgehead atoms. The highest BCUT2D eigenvalue weighted by Crippen LogP contribution is 2.30. The van der Waals surface area contributed by atoms with E-state index in [-0.39, 0.29) is 22.4 Å². The Morgan fingerprint density at radius 2 is 1.84 bits per heavy atom. The highest BCUT2D eigenvalue weighted by Gasteiger charge is 2.17. The van der Waals surface area contributed by atoms with Gasteiger partial charge in [0.1, 0.15) is 17.4 Å². The van der Waals surface area contributed by atoms with Crippen LogP contribution in [0.2, 0.25) is 5.02 Å². The van der Waals surface area contributed by atoms with Crippen LogP contribution in [0.15, 0.2) is 48.5 Å². The van der Waals surface area contributed by atoms with E-state index in [9.17, 15) is 4.79 Å². The Bertz CT molecular complexity index is 581. The van der Waals surface area contributed by atoms with E-state index in [1.807, 2.05) is 37.3 Å². The fraction of sp³-hybridized carbons (Fsp3) is 0.133. The van der Waals surface area contributed by atoms with Gasteiger partial charge < -0.3 is 9.84 Å². The number of carbonyl (C=O) groups is 1. The highest BCUT2D eigenvalue weighted by atomic mass is 35.5. The van der Waals surface area contributed by atoms with Gasteiger partial charge in [-0.15, -0.1) is 0 Å². The van der Waals surface area contributed by atoms with Crippen LogP contribution >= 0.6 is 11.6 Å². The zero-order valence-electron chi connectivity index (χ0n) is 10.3. The van der Waals surface area contributed by atoms with Gasteiger partial charge in [0.05, 0.1) is 5.02 Å². The van der Waals surface area contributed by atoms with Gasteiger partial charge in [0.2, 0.25) is 0 Å². The molecule has 2 aromatic carbocycles. The van der Waals surface area contributed by atoms with Crippen molar-refractivity contribution in [2.45, 2.75) is 13.0 Å². The Morgan fingerprint density at radius 3 is 2.47 bits per heavy atom. The zero-order chi connectivity index (χ0) is 13.8. The maximum Gasteiger partial charge on any atom is 0.341 e. The standard InChI is InChI=1S/C15H13ClO3/c1-10(11-6-3-2-4-7-11)19-13-9-5-8-12(16)14(13)15(17)18/h2-10H,1H3,(H,17,18). The number of aromatic carboxylic acids is 1. The quantitative estimate of drug-likeness (QED) is 0.911. The Kier molecular flexibility index (Phi) is 4.07. The Balaban J connectivity index is 2.29. The molecule has 0 aliphatic carbocycles. The molecule has 2 aromatic rings. The van der Waals surface area contributed by atoms with E-state index >= 15 is 0 Å². The first-order chi connectivity index (χ1) is 9.09. The average Bonchev–Trinajstić information content (AvgIpc) is 2.39. The van der Waals surface area contributed by atoms with E-state index < -0.39 is 5.97 Å². The number of benzene rings is 2. The van der Waals surface area contributed by atoms with E-state index in [1.165, 1.54) is 6.07 Å². The second-order valence-electron chi connectivity index (χ2n) is 4.09. The number of hydrogen-bond acceptors (Lipinski definition) is 2. The lowest BCUT2D eigenvalue weighted by molar-refractivity contribution is 0.0690. The van der Waals surface area contributed by atoms with Crippen molar-refractivity contribution in [3.8, 4) is 5.75 Å². The minimum atomic E-state index is -1.10. The number of rotatable bonds is 4. The smallest absolute Gasteiger partial charge is 0.341 e. The predicted octanol–water partition coefficient (Wildman–Crippen LogP) is 4.18. The van der Waals surface area contributed by atoms with Gasteiger partial charge in [0.15, 0.2) is 0 Å². The van der Waals surface area contributed by atoms with Crippen molar-refractivity contribution in [3.05, 3.63) is 64.7 Å². The fourth-order valence-corrected chi connectivity index (χ4v) is 2.04. The van der Waals surface area contributed by atoms with Gasteiger partial charge in [-0.2, -0.15) is 0 Å². The first-order valence-corrected chi connectivity index (χ1v) is 6.21. The lowest BCUT2D eigenvalue weighted by Crippen LogP contribution is -2.07. The molecule has 0 saturated heterocycles. The molecule has 4 heteroatoms. The molecule has 1 N–H and O–H groups in total. The number of hydrogen-bond donors (Lipinski definition) is 1. The molecule has 2 rings (SSSR count). The third-order valence-electron chi connectivity index (χ3n) is 2.76. The monoisotopic (exact) mass is 276 g/mol. The zero-order valence-corrected chi connectivity index (χ0v) is 11.1. The van der Waals surface area contributed by atoms with Crippen molar-refractivity contribution in [2.75, 3.05) is 0 Å². The lowest BCUT2D eigenvalue weighted by atomic mass is 10.1. The average molecular weight is 277 g/mol. The summed E-state index contributed by atoms with van der Waals surface area (Å²) in [5.41, 5.74) is 0.964. The molecule has 19 heavy (non-hydrogen) atoms. The molecule has 0 spiro atoms. The first kappa shape index (κ1) is 13.4. The minimum Gasteiger partial charge on any atom is -0.485 e. The molecule has 0 heterocycles. The molecule has 0 aromatic heterocycles. The molecule has 98 valence electrons. The third kappa shape index (κ3) is 3.06. The number of carboxylic acids is 1. The summed E-state index contributed by atoms with van der Waals surface area (Å²) in [6.07, 6.45) is -0.252. The second-order valence-corrected chi connectivity index (χ2v) is 4.50. The van der Waals surface area contributed by atoms with Crippen molar-refractivity contribution in [3.63, 3.8) is 0 Å². The normalized spacial score (nSPS) is 11.9. The van der Waals surface area contributed by atoms with Crippen LogP contribution in [0.25, 0.3) is 0 Å². The summed E-state index contributed by atoms with van der Waals surface area (Å²) >= 11 is 5.89. The van der Waals surface area contributed by atoms with Crippen molar-refractivity contribution in [1.82, 2.24) is 0 Å². The van der Waals surface area contributed by atoms with Crippen LogP contribution in [-0.4, -0.2) is 11.1 Å². The maximum atomic E-state index is 11.2. The van der Waals surface area contributed by atoms with Crippen molar-refractivity contribution in [1.29, 1.82) is 0 Å². The molecule has 0 aliphatic heterocycles. The molecule has 0 amide bonds. The maximum absolute atomic E-state index is 11.2. The molecule has 1 unspecified atom stereocenters. The molecule has 0 saturated carbocycles. The Labute approximate surface area is 116 Å². The van der Waals surface area contributed by atoms with Crippen LogP contribution in [0.4, 0.5) is 0 Å². The fourth-order valence-electron chi connectivity index (χ4n) is 1.79. The summed E-state index contributed by atoms with van der Waals surface area (Å²) in [6, 6.07) is 14.4. The molecule has 3 nitrogen and oxygen atoms in total. The van der Waals surface area contributed by atoms with Gasteiger partial charge >= 0.3 is 5.97 Å². The lowest BCUT2D eigenvalue weighted by Gasteiger charge is -2.17. The van der Waals surface area contributed by atoms with Gasteiger partial charge in [-0.05, 0) is 24.6 Å². The van der Waals surface area contributed by atoms with Crippen molar-refractivity contribution >= 4 is 17.6 Å². The molecule has 0 radical (unpaired) electrons. The largest absolute Gasteiger partial charge is 0.485 e. The van der Waals surface area contributed by atoms with E-state index in [0.29, 0.717) is 0 Å². The minimum absolute atomic E-state index is 0.00746. The molecule has 0 aliphatic rings. The molecular formula is C15H13ClO3. The SMILES string of the molecule is CC(Oc1cccc(Cl)c1C(=O)O)c1ccccc1. The van der Waals surface area contributed by atoms with E-state index in [2.05, 4.69) is 0 Å². The summed E-state index contributed by atoms with van der Waals surface area (Å²) in [5.74, 6) is -0.822. The van der Waals surface area contributed by atoms with Gasteiger partial charge in [-0.1, -0.05) is 48.0 Å². The summed E-state index contributed by atoms with van der Waals surface area (Å²) in [4.78, 5) is 11.2. The van der Waals surface area contributed by atoms with Crippen LogP contribution in [-0.2, 0) is 0 Å². The van der Waals surface area contributed by atoms with E-state index in [4.69, 9.17) is 21.4 Å². The third-order valence-corrected chi connectivity index (χ3v) is 3.08. The van der Waals surface area contributed by atoms with Crippen LogP contribution in [0.3, 0.4) is 0 Å². The number of carboxylic acid groups (broad SMARTS) is 1. The highest BCUT2D eigenvalue weighted by molar-refractivity contribution is 6.33. The second kappa shape index (κ2) is 5.76. The van der Waals surface area contributed by atoms with Gasteiger partial charge in [-0.25, -0.2) is 4.79 Å². The Hall–Kier alpha value is -2.00. The number of ether oxygens (including phenoxy) is 1. The summed E-state index contributed by atoms with van der Waals surface area (Å²) < 4.78 is 5.71. The van der Waals surface area contributed by atoms with Crippen molar-refractivity contribution < 1.29 is 14.6 Å². The number of halogens is 1. The summed E-state index contributed by atoms with van der Waals surface area (Å²) in [5, 5.41) is 9.34. The van der Waals surface area contributed by atoms with Crippen LogP contribution in [0.5, 0.6) is 5.75 Å². The molecule has 0 fully saturated rings. The van der Waals surface area contributed by atoms with E-state index in [1.54, 1.807) is 12.1 Å². The molecule has 1 atom stereocenters. The topological polar surface area (TPSA) is 46.5 Å². The van der Waals surface area contributed by atoms with Crippen LogP contribution < -0.4 is 4.74 Å². The summed E-state index contributed by atoms with van der Waals surface area (Å²) in [7, 11) is 0. The van der Waals surface area contributed by atoms with Gasteiger partial charge in [-0.3, -0.25) is 0 Å². The van der Waals surface area contributed by atoms with Crippen LogP contribution in [0.1, 0.15) is 28.9 Å². The molecular weight excluding hydrogens is 264 g/mol. The Morgan fingerprint density at radius 1 is 1.16 bits per heavy atom. The van der Waals surface area contributed by atoms with E-state index in [0.717, 1.165) is 5.56 Å². The van der Waals surface area contributed by atoms with Gasteiger partial charge in [0.25, 0.3) is 0 Å².